The molecule has 0 spiro atoms. The molecule has 2 heterocycles. The second kappa shape index (κ2) is 4.03. The quantitative estimate of drug-likeness (QED) is 0.746. The van der Waals surface area contributed by atoms with Crippen LogP contribution in [0.3, 0.4) is 0 Å². The SMILES string of the molecule is COc1cc(-c2ccccn2)cc2onc(N)c12. The molecule has 3 aromatic rings. The number of fused-ring (bicyclic) bond motifs is 1. The number of nitrogens with zero attached hydrogens (tertiary/aromatic N) is 2. The van der Waals surface area contributed by atoms with Gasteiger partial charge in [-0.15, -0.1) is 0 Å². The van der Waals surface area contributed by atoms with Gasteiger partial charge < -0.3 is 15.0 Å². The summed E-state index contributed by atoms with van der Waals surface area (Å²) in [5.41, 5.74) is 8.07. The Morgan fingerprint density at radius 1 is 1.28 bits per heavy atom. The number of hydrogen-bond acceptors (Lipinski definition) is 5. The van der Waals surface area contributed by atoms with Gasteiger partial charge in [-0.05, 0) is 24.3 Å². The van der Waals surface area contributed by atoms with Crippen LogP contribution in [0.4, 0.5) is 5.82 Å². The number of nitrogen functional groups attached to an aromatic ring is 1. The zero-order valence-electron chi connectivity index (χ0n) is 9.75. The van der Waals surface area contributed by atoms with Crippen LogP contribution < -0.4 is 10.5 Å². The summed E-state index contributed by atoms with van der Waals surface area (Å²) < 4.78 is 10.5. The Bertz CT molecular complexity index is 692. The monoisotopic (exact) mass is 241 g/mol. The molecule has 0 saturated carbocycles. The summed E-state index contributed by atoms with van der Waals surface area (Å²) in [7, 11) is 1.59. The molecule has 0 saturated heterocycles. The third-order valence-electron chi connectivity index (χ3n) is 2.75. The van der Waals surface area contributed by atoms with Crippen LogP contribution in [0.1, 0.15) is 0 Å². The lowest BCUT2D eigenvalue weighted by molar-refractivity contribution is 0.419. The van der Waals surface area contributed by atoms with E-state index in [1.165, 1.54) is 0 Å². The fraction of sp³-hybridized carbons (Fsp3) is 0.0769. The first kappa shape index (κ1) is 10.6. The van der Waals surface area contributed by atoms with Gasteiger partial charge in [-0.3, -0.25) is 4.98 Å². The number of methoxy groups -OCH3 is 1. The maximum Gasteiger partial charge on any atom is 0.178 e. The van der Waals surface area contributed by atoms with Crippen molar-refractivity contribution in [3.63, 3.8) is 0 Å². The Morgan fingerprint density at radius 3 is 2.89 bits per heavy atom. The van der Waals surface area contributed by atoms with Gasteiger partial charge in [0, 0.05) is 11.8 Å². The highest BCUT2D eigenvalue weighted by atomic mass is 16.5. The van der Waals surface area contributed by atoms with Crippen molar-refractivity contribution in [2.24, 2.45) is 0 Å². The van der Waals surface area contributed by atoms with Gasteiger partial charge >= 0.3 is 0 Å². The van der Waals surface area contributed by atoms with Crippen LogP contribution in [-0.4, -0.2) is 17.3 Å². The Kier molecular flexibility index (Phi) is 2.37. The van der Waals surface area contributed by atoms with Gasteiger partial charge in [0.1, 0.15) is 11.1 Å². The summed E-state index contributed by atoms with van der Waals surface area (Å²) >= 11 is 0. The number of hydrogen-bond donors (Lipinski definition) is 1. The third-order valence-corrected chi connectivity index (χ3v) is 2.75. The summed E-state index contributed by atoms with van der Waals surface area (Å²) in [5.74, 6) is 0.960. The van der Waals surface area contributed by atoms with Gasteiger partial charge in [-0.2, -0.15) is 0 Å². The number of pyridine rings is 1. The first-order valence-corrected chi connectivity index (χ1v) is 5.44. The first-order chi connectivity index (χ1) is 8.79. The van der Waals surface area contributed by atoms with Crippen molar-refractivity contribution >= 4 is 16.8 Å². The molecule has 0 radical (unpaired) electrons. The van der Waals surface area contributed by atoms with Gasteiger partial charge in [-0.1, -0.05) is 11.2 Å². The molecule has 0 fully saturated rings. The van der Waals surface area contributed by atoms with Crippen LogP contribution in [0.2, 0.25) is 0 Å². The van der Waals surface area contributed by atoms with E-state index in [9.17, 15) is 0 Å². The van der Waals surface area contributed by atoms with Crippen molar-refractivity contribution < 1.29 is 9.26 Å². The molecule has 18 heavy (non-hydrogen) atoms. The van der Waals surface area contributed by atoms with E-state index in [1.807, 2.05) is 30.3 Å². The van der Waals surface area contributed by atoms with E-state index in [4.69, 9.17) is 15.0 Å². The molecule has 0 aliphatic heterocycles. The smallest absolute Gasteiger partial charge is 0.178 e. The molecule has 0 unspecified atom stereocenters. The van der Waals surface area contributed by atoms with E-state index in [-0.39, 0.29) is 0 Å². The van der Waals surface area contributed by atoms with E-state index in [0.29, 0.717) is 22.5 Å². The molecule has 0 aliphatic rings. The van der Waals surface area contributed by atoms with Gasteiger partial charge in [0.25, 0.3) is 0 Å². The summed E-state index contributed by atoms with van der Waals surface area (Å²) in [6, 6.07) is 9.43. The Balaban J connectivity index is 2.27. The molecule has 3 rings (SSSR count). The minimum atomic E-state index is 0.328. The lowest BCUT2D eigenvalue weighted by Crippen LogP contribution is -1.90. The van der Waals surface area contributed by atoms with Crippen molar-refractivity contribution in [2.45, 2.75) is 0 Å². The van der Waals surface area contributed by atoms with Crippen LogP contribution in [0.25, 0.3) is 22.2 Å². The fourth-order valence-corrected chi connectivity index (χ4v) is 1.90. The largest absolute Gasteiger partial charge is 0.496 e. The molecule has 1 aromatic carbocycles. The average molecular weight is 241 g/mol. The Morgan fingerprint density at radius 2 is 2.17 bits per heavy atom. The molecule has 90 valence electrons. The molecule has 2 N–H and O–H groups in total. The number of anilines is 1. The highest BCUT2D eigenvalue weighted by Crippen LogP contribution is 2.34. The van der Waals surface area contributed by atoms with Gasteiger partial charge in [0.15, 0.2) is 11.4 Å². The maximum atomic E-state index is 5.74. The average Bonchev–Trinajstić information content (AvgIpc) is 2.81. The van der Waals surface area contributed by atoms with Crippen molar-refractivity contribution in [3.05, 3.63) is 36.5 Å². The predicted octanol–water partition coefficient (Wildman–Crippen LogP) is 2.48. The van der Waals surface area contributed by atoms with E-state index in [2.05, 4.69) is 10.1 Å². The molecule has 0 amide bonds. The number of nitrogens with two attached hydrogens (primary N) is 1. The highest BCUT2D eigenvalue weighted by Gasteiger charge is 2.14. The Labute approximate surface area is 103 Å². The molecule has 0 bridgehead atoms. The van der Waals surface area contributed by atoms with Crippen molar-refractivity contribution in [2.75, 3.05) is 12.8 Å². The summed E-state index contributed by atoms with van der Waals surface area (Å²) in [4.78, 5) is 4.29. The number of rotatable bonds is 2. The Hall–Kier alpha value is -2.56. The minimum absolute atomic E-state index is 0.328. The molecule has 0 atom stereocenters. The van der Waals surface area contributed by atoms with E-state index >= 15 is 0 Å². The van der Waals surface area contributed by atoms with Crippen LogP contribution >= 0.6 is 0 Å². The number of benzene rings is 1. The predicted molar refractivity (Wildman–Crippen MR) is 68.2 cm³/mol. The van der Waals surface area contributed by atoms with Gasteiger partial charge in [0.05, 0.1) is 12.8 Å². The van der Waals surface area contributed by atoms with E-state index in [0.717, 1.165) is 11.3 Å². The second-order valence-electron chi connectivity index (χ2n) is 3.83. The lowest BCUT2D eigenvalue weighted by Gasteiger charge is -2.05. The summed E-state index contributed by atoms with van der Waals surface area (Å²) in [6.07, 6.45) is 1.74. The van der Waals surface area contributed by atoms with Gasteiger partial charge in [0.2, 0.25) is 0 Å². The minimum Gasteiger partial charge on any atom is -0.496 e. The fourth-order valence-electron chi connectivity index (χ4n) is 1.90. The molecular weight excluding hydrogens is 230 g/mol. The third kappa shape index (κ3) is 1.57. The highest BCUT2D eigenvalue weighted by molar-refractivity contribution is 5.95. The van der Waals surface area contributed by atoms with E-state index < -0.39 is 0 Å². The van der Waals surface area contributed by atoms with E-state index in [1.54, 1.807) is 13.3 Å². The topological polar surface area (TPSA) is 74.2 Å². The molecular formula is C13H11N3O2. The summed E-state index contributed by atoms with van der Waals surface area (Å²) in [6.45, 7) is 0. The molecule has 2 aromatic heterocycles. The zero-order valence-corrected chi connectivity index (χ0v) is 9.75. The van der Waals surface area contributed by atoms with Crippen molar-refractivity contribution in [1.29, 1.82) is 0 Å². The zero-order chi connectivity index (χ0) is 12.5. The van der Waals surface area contributed by atoms with Crippen LogP contribution in [0, 0.1) is 0 Å². The number of aromatic nitrogens is 2. The van der Waals surface area contributed by atoms with Crippen molar-refractivity contribution in [1.82, 2.24) is 10.1 Å². The molecule has 5 heteroatoms. The summed E-state index contributed by atoms with van der Waals surface area (Å²) in [5, 5.41) is 4.43. The van der Waals surface area contributed by atoms with Crippen LogP contribution in [0.15, 0.2) is 41.1 Å². The lowest BCUT2D eigenvalue weighted by atomic mass is 10.1. The first-order valence-electron chi connectivity index (χ1n) is 5.44. The second-order valence-corrected chi connectivity index (χ2v) is 3.83. The molecule has 0 aliphatic carbocycles. The van der Waals surface area contributed by atoms with Gasteiger partial charge in [-0.25, -0.2) is 0 Å². The van der Waals surface area contributed by atoms with Crippen LogP contribution in [0.5, 0.6) is 5.75 Å². The standard InChI is InChI=1S/C13H11N3O2/c1-17-10-6-8(9-4-2-3-5-15-9)7-11-12(10)13(14)16-18-11/h2-7H,1H3,(H2,14,16). The normalized spacial score (nSPS) is 10.7. The van der Waals surface area contributed by atoms with Crippen LogP contribution in [-0.2, 0) is 0 Å². The van der Waals surface area contributed by atoms with Crippen molar-refractivity contribution in [3.8, 4) is 17.0 Å². The maximum absolute atomic E-state index is 5.74. The number of ether oxygens (including phenoxy) is 1. The molecule has 5 nitrogen and oxygen atoms in total.